The summed E-state index contributed by atoms with van der Waals surface area (Å²) in [6.07, 6.45) is 6.09. The molecular formula is C22H24N2O2. The van der Waals surface area contributed by atoms with Gasteiger partial charge in [-0.2, -0.15) is 0 Å². The Morgan fingerprint density at radius 3 is 2.62 bits per heavy atom. The normalized spacial score (nSPS) is 17.8. The number of ether oxygens (including phenoxy) is 1. The highest BCUT2D eigenvalue weighted by Gasteiger charge is 2.29. The van der Waals surface area contributed by atoms with Gasteiger partial charge in [-0.1, -0.05) is 43.5 Å². The Kier molecular flexibility index (Phi) is 4.58. The van der Waals surface area contributed by atoms with E-state index < -0.39 is 0 Å². The molecule has 4 rings (SSSR count). The fourth-order valence-corrected chi connectivity index (χ4v) is 3.98. The topological polar surface area (TPSA) is 51.5 Å². The molecule has 134 valence electrons. The molecule has 0 aliphatic heterocycles. The van der Waals surface area contributed by atoms with E-state index in [1.54, 1.807) is 0 Å². The van der Waals surface area contributed by atoms with E-state index in [0.717, 1.165) is 40.9 Å². The number of rotatable bonds is 3. The van der Waals surface area contributed by atoms with Gasteiger partial charge >= 0.3 is 5.97 Å². The molecule has 0 radical (unpaired) electrons. The van der Waals surface area contributed by atoms with E-state index in [1.165, 1.54) is 19.3 Å². The van der Waals surface area contributed by atoms with E-state index in [4.69, 9.17) is 14.7 Å². The maximum Gasteiger partial charge on any atom is 0.339 e. The Hall–Kier alpha value is -2.49. The summed E-state index contributed by atoms with van der Waals surface area (Å²) in [5.74, 6) is -0.312. The van der Waals surface area contributed by atoms with Crippen molar-refractivity contribution in [3.8, 4) is 11.3 Å². The summed E-state index contributed by atoms with van der Waals surface area (Å²) in [7, 11) is 0. The first-order chi connectivity index (χ1) is 12.7. The third-order valence-electron chi connectivity index (χ3n) is 5.29. The van der Waals surface area contributed by atoms with Crippen molar-refractivity contribution in [1.29, 1.82) is 0 Å². The van der Waals surface area contributed by atoms with Gasteiger partial charge in [0.25, 0.3) is 0 Å². The van der Waals surface area contributed by atoms with E-state index >= 15 is 0 Å². The zero-order valence-corrected chi connectivity index (χ0v) is 15.4. The lowest BCUT2D eigenvalue weighted by Crippen LogP contribution is -2.14. The predicted octanol–water partition coefficient (Wildman–Crippen LogP) is 4.72. The second kappa shape index (κ2) is 7.02. The molecule has 26 heavy (non-hydrogen) atoms. The van der Waals surface area contributed by atoms with Crippen molar-refractivity contribution in [3.05, 3.63) is 52.7 Å². The van der Waals surface area contributed by atoms with Gasteiger partial charge in [-0.05, 0) is 32.8 Å². The molecule has 0 bridgehead atoms. The average Bonchev–Trinajstić information content (AvgIpc) is 2.95. The number of fused-ring (bicyclic) bond motifs is 3. The molecule has 1 aromatic heterocycles. The molecule has 2 aromatic rings. The number of hydrogen-bond donors (Lipinski definition) is 0. The van der Waals surface area contributed by atoms with E-state index in [1.807, 2.05) is 32.0 Å². The van der Waals surface area contributed by atoms with E-state index in [2.05, 4.69) is 12.1 Å². The first-order valence-corrected chi connectivity index (χ1v) is 9.55. The van der Waals surface area contributed by atoms with Crippen molar-refractivity contribution in [2.24, 2.45) is 4.99 Å². The van der Waals surface area contributed by atoms with Crippen molar-refractivity contribution < 1.29 is 9.53 Å². The first-order valence-electron chi connectivity index (χ1n) is 9.55. The summed E-state index contributed by atoms with van der Waals surface area (Å²) in [6.45, 7) is 4.05. The predicted molar refractivity (Wildman–Crippen MR) is 103 cm³/mol. The quantitative estimate of drug-likeness (QED) is 0.644. The first kappa shape index (κ1) is 17.0. The van der Waals surface area contributed by atoms with Gasteiger partial charge in [-0.15, -0.1) is 0 Å². The fraction of sp³-hybridized carbons (Fsp3) is 0.409. The molecule has 1 heterocycles. The number of aryl methyl sites for hydroxylation is 1. The molecule has 0 unspecified atom stereocenters. The Labute approximate surface area is 154 Å². The van der Waals surface area contributed by atoms with Crippen molar-refractivity contribution in [1.82, 2.24) is 4.98 Å². The summed E-state index contributed by atoms with van der Waals surface area (Å²) >= 11 is 0. The minimum Gasteiger partial charge on any atom is -0.462 e. The molecule has 0 N–H and O–H groups in total. The standard InChI is InChI=1S/C22H24N2O2/c1-3-26-22(25)18-13-19-20(23-14(18)2)16-11-7-8-12-17(16)21(19)24-15-9-5-4-6-10-15/h7-8,11-13,15H,3-6,9-10H2,1-2H3. The van der Waals surface area contributed by atoms with Gasteiger partial charge in [0.15, 0.2) is 0 Å². The van der Waals surface area contributed by atoms with Crippen LogP contribution in [-0.4, -0.2) is 29.3 Å². The summed E-state index contributed by atoms with van der Waals surface area (Å²) in [4.78, 5) is 22.2. The van der Waals surface area contributed by atoms with Gasteiger partial charge in [0, 0.05) is 16.7 Å². The number of esters is 1. The molecule has 1 saturated carbocycles. The lowest BCUT2D eigenvalue weighted by Gasteiger charge is -2.19. The minimum absolute atomic E-state index is 0.312. The van der Waals surface area contributed by atoms with Crippen LogP contribution in [0.15, 0.2) is 35.3 Å². The molecule has 0 spiro atoms. The zero-order chi connectivity index (χ0) is 18.1. The summed E-state index contributed by atoms with van der Waals surface area (Å²) in [6, 6.07) is 10.6. The van der Waals surface area contributed by atoms with Crippen molar-refractivity contribution in [2.45, 2.75) is 52.0 Å². The summed E-state index contributed by atoms with van der Waals surface area (Å²) < 4.78 is 5.21. The number of benzene rings is 1. The minimum atomic E-state index is -0.312. The second-order valence-corrected chi connectivity index (χ2v) is 7.05. The smallest absolute Gasteiger partial charge is 0.339 e. The van der Waals surface area contributed by atoms with Gasteiger partial charge in [0.1, 0.15) is 0 Å². The van der Waals surface area contributed by atoms with Crippen molar-refractivity contribution >= 4 is 11.7 Å². The third kappa shape index (κ3) is 2.94. The SMILES string of the molecule is CCOC(=O)c1cc2c(nc1C)-c1ccccc1C2=NC1CCCCC1. The molecule has 0 atom stereocenters. The Morgan fingerprint density at radius 2 is 1.88 bits per heavy atom. The number of carbonyl (C=O) groups excluding carboxylic acids is 1. The van der Waals surface area contributed by atoms with Crippen LogP contribution in [-0.2, 0) is 4.74 Å². The van der Waals surface area contributed by atoms with Crippen LogP contribution in [0.2, 0.25) is 0 Å². The summed E-state index contributed by atoms with van der Waals surface area (Å²) in [5.41, 5.74) is 6.36. The maximum atomic E-state index is 12.3. The van der Waals surface area contributed by atoms with Crippen LogP contribution in [0.1, 0.15) is 66.2 Å². The number of hydrogen-bond acceptors (Lipinski definition) is 4. The molecule has 4 heteroatoms. The van der Waals surface area contributed by atoms with Crippen LogP contribution in [0.25, 0.3) is 11.3 Å². The highest BCUT2D eigenvalue weighted by atomic mass is 16.5. The molecule has 1 aromatic carbocycles. The Balaban J connectivity index is 1.85. The van der Waals surface area contributed by atoms with Gasteiger partial charge in [-0.3, -0.25) is 9.98 Å². The highest BCUT2D eigenvalue weighted by Crippen LogP contribution is 2.37. The Morgan fingerprint density at radius 1 is 1.15 bits per heavy atom. The second-order valence-electron chi connectivity index (χ2n) is 7.05. The van der Waals surface area contributed by atoms with Crippen LogP contribution >= 0.6 is 0 Å². The van der Waals surface area contributed by atoms with Crippen molar-refractivity contribution in [3.63, 3.8) is 0 Å². The van der Waals surface area contributed by atoms with Gasteiger partial charge in [0.05, 0.1) is 35.3 Å². The molecular weight excluding hydrogens is 324 g/mol. The molecule has 1 fully saturated rings. The number of carbonyl (C=O) groups is 1. The van der Waals surface area contributed by atoms with Crippen LogP contribution in [0, 0.1) is 6.92 Å². The molecule has 2 aliphatic carbocycles. The molecule has 0 saturated heterocycles. The summed E-state index contributed by atoms with van der Waals surface area (Å²) in [5, 5.41) is 0. The van der Waals surface area contributed by atoms with E-state index in [0.29, 0.717) is 23.9 Å². The Bertz CT molecular complexity index is 880. The third-order valence-corrected chi connectivity index (χ3v) is 5.29. The van der Waals surface area contributed by atoms with Crippen molar-refractivity contribution in [2.75, 3.05) is 6.61 Å². The van der Waals surface area contributed by atoms with Crippen LogP contribution in [0.4, 0.5) is 0 Å². The number of nitrogens with zero attached hydrogens (tertiary/aromatic N) is 2. The molecule has 4 nitrogen and oxygen atoms in total. The van der Waals surface area contributed by atoms with Gasteiger partial charge < -0.3 is 4.74 Å². The zero-order valence-electron chi connectivity index (χ0n) is 15.4. The number of aromatic nitrogens is 1. The number of aliphatic imine (C=N–C) groups is 1. The van der Waals surface area contributed by atoms with E-state index in [-0.39, 0.29) is 5.97 Å². The average molecular weight is 348 g/mol. The van der Waals surface area contributed by atoms with Gasteiger partial charge in [-0.25, -0.2) is 4.79 Å². The molecule has 0 amide bonds. The van der Waals surface area contributed by atoms with E-state index in [9.17, 15) is 4.79 Å². The molecule has 2 aliphatic rings. The fourth-order valence-electron chi connectivity index (χ4n) is 3.98. The van der Waals surface area contributed by atoms with Crippen LogP contribution < -0.4 is 0 Å². The monoisotopic (exact) mass is 348 g/mol. The van der Waals surface area contributed by atoms with Crippen LogP contribution in [0.3, 0.4) is 0 Å². The maximum absolute atomic E-state index is 12.3. The van der Waals surface area contributed by atoms with Crippen LogP contribution in [0.5, 0.6) is 0 Å². The van der Waals surface area contributed by atoms with Gasteiger partial charge in [0.2, 0.25) is 0 Å². The highest BCUT2D eigenvalue weighted by molar-refractivity contribution is 6.24. The lowest BCUT2D eigenvalue weighted by molar-refractivity contribution is 0.0525. The largest absolute Gasteiger partial charge is 0.462 e. The number of pyridine rings is 1. The lowest BCUT2D eigenvalue weighted by atomic mass is 9.95.